The summed E-state index contributed by atoms with van der Waals surface area (Å²) in [7, 11) is 0. The summed E-state index contributed by atoms with van der Waals surface area (Å²) < 4.78 is 0. The Bertz CT molecular complexity index is 851. The average molecular weight is 521 g/mol. The predicted octanol–water partition coefficient (Wildman–Crippen LogP) is 0.00940. The molecule has 0 aromatic heterocycles. The molecule has 4 unspecified atom stereocenters. The first-order valence-electron chi connectivity index (χ1n) is 12.9. The van der Waals surface area contributed by atoms with Gasteiger partial charge in [-0.05, 0) is 63.1 Å². The molecule has 0 saturated heterocycles. The molecule has 0 fully saturated rings. The Labute approximate surface area is 219 Å². The zero-order chi connectivity index (χ0) is 27.8. The standard InChI is InChI=1S/C26H44N6O5/c1-17(2)22(29)25(35)32-21(16-18-10-4-3-5-11-18)24(34)30-19(12-6-8-14-27)23(33)31-20(26(36)37)13-7-9-15-28/h3-5,10-11,17,19-22H,6-9,12-16,27-29H2,1-2H3,(H,30,34)(H,31,33)(H,32,35)(H,36,37). The van der Waals surface area contributed by atoms with Crippen LogP contribution in [0.1, 0.15) is 57.9 Å². The first-order valence-corrected chi connectivity index (χ1v) is 12.9. The second kappa shape index (κ2) is 17.4. The molecule has 4 atom stereocenters. The Balaban J connectivity index is 3.07. The minimum absolute atomic E-state index is 0.137. The Kier molecular flexibility index (Phi) is 15.1. The number of unbranched alkanes of at least 4 members (excludes halogenated alkanes) is 2. The van der Waals surface area contributed by atoms with Crippen LogP contribution < -0.4 is 33.2 Å². The molecule has 11 heteroatoms. The highest BCUT2D eigenvalue weighted by atomic mass is 16.4. The average Bonchev–Trinajstić information content (AvgIpc) is 2.86. The van der Waals surface area contributed by atoms with Gasteiger partial charge in [-0.3, -0.25) is 14.4 Å². The van der Waals surface area contributed by atoms with E-state index in [1.807, 2.05) is 30.3 Å². The number of carbonyl (C=O) groups is 4. The number of carboxylic acids is 1. The number of hydrogen-bond donors (Lipinski definition) is 7. The van der Waals surface area contributed by atoms with Crippen molar-refractivity contribution in [3.8, 4) is 0 Å². The quantitative estimate of drug-likeness (QED) is 0.131. The smallest absolute Gasteiger partial charge is 0.326 e. The van der Waals surface area contributed by atoms with Crippen LogP contribution in [0.15, 0.2) is 30.3 Å². The van der Waals surface area contributed by atoms with Crippen LogP contribution in [0.3, 0.4) is 0 Å². The molecule has 37 heavy (non-hydrogen) atoms. The zero-order valence-corrected chi connectivity index (χ0v) is 21.9. The fourth-order valence-corrected chi connectivity index (χ4v) is 3.69. The largest absolute Gasteiger partial charge is 0.480 e. The number of nitrogens with one attached hydrogen (secondary N) is 3. The molecule has 0 radical (unpaired) electrons. The van der Waals surface area contributed by atoms with Crippen LogP contribution >= 0.6 is 0 Å². The molecule has 0 spiro atoms. The third-order valence-corrected chi connectivity index (χ3v) is 6.08. The fourth-order valence-electron chi connectivity index (χ4n) is 3.69. The van der Waals surface area contributed by atoms with Crippen molar-refractivity contribution < 1.29 is 24.3 Å². The third kappa shape index (κ3) is 12.2. The van der Waals surface area contributed by atoms with E-state index in [0.717, 1.165) is 5.56 Å². The van der Waals surface area contributed by atoms with Gasteiger partial charge in [-0.15, -0.1) is 0 Å². The Morgan fingerprint density at radius 3 is 1.76 bits per heavy atom. The molecule has 1 aromatic carbocycles. The van der Waals surface area contributed by atoms with Crippen LogP contribution in [0.4, 0.5) is 0 Å². The maximum absolute atomic E-state index is 13.4. The lowest BCUT2D eigenvalue weighted by molar-refractivity contribution is -0.142. The van der Waals surface area contributed by atoms with Gasteiger partial charge >= 0.3 is 5.97 Å². The number of amides is 3. The summed E-state index contributed by atoms with van der Waals surface area (Å²) in [5, 5.41) is 17.5. The molecule has 0 bridgehead atoms. The lowest BCUT2D eigenvalue weighted by atomic mass is 10.0. The van der Waals surface area contributed by atoms with E-state index in [-0.39, 0.29) is 25.2 Å². The van der Waals surface area contributed by atoms with Crippen molar-refractivity contribution in [3.63, 3.8) is 0 Å². The first kappa shape index (κ1) is 32.0. The maximum Gasteiger partial charge on any atom is 0.326 e. The van der Waals surface area contributed by atoms with Gasteiger partial charge in [-0.2, -0.15) is 0 Å². The summed E-state index contributed by atoms with van der Waals surface area (Å²) in [5.74, 6) is -2.93. The highest BCUT2D eigenvalue weighted by Crippen LogP contribution is 2.09. The van der Waals surface area contributed by atoms with E-state index < -0.39 is 47.9 Å². The number of aliphatic carboxylic acids is 1. The van der Waals surface area contributed by atoms with Gasteiger partial charge < -0.3 is 38.3 Å². The molecule has 0 aliphatic heterocycles. The first-order chi connectivity index (χ1) is 17.6. The van der Waals surface area contributed by atoms with E-state index in [0.29, 0.717) is 38.8 Å². The normalized spacial score (nSPS) is 14.3. The number of rotatable bonds is 18. The summed E-state index contributed by atoms with van der Waals surface area (Å²) in [4.78, 5) is 50.8. The number of benzene rings is 1. The van der Waals surface area contributed by atoms with Crippen molar-refractivity contribution in [3.05, 3.63) is 35.9 Å². The highest BCUT2D eigenvalue weighted by Gasteiger charge is 2.30. The summed E-state index contributed by atoms with van der Waals surface area (Å²) in [6.07, 6.45) is 3.04. The lowest BCUT2D eigenvalue weighted by Crippen LogP contribution is -2.58. The summed E-state index contributed by atoms with van der Waals surface area (Å²) in [6, 6.07) is 5.27. The molecule has 208 valence electrons. The van der Waals surface area contributed by atoms with E-state index >= 15 is 0 Å². The van der Waals surface area contributed by atoms with Gasteiger partial charge in [0.05, 0.1) is 6.04 Å². The summed E-state index contributed by atoms with van der Waals surface area (Å²) >= 11 is 0. The Morgan fingerprint density at radius 2 is 1.24 bits per heavy atom. The van der Waals surface area contributed by atoms with E-state index in [1.165, 1.54) is 0 Å². The highest BCUT2D eigenvalue weighted by molar-refractivity contribution is 5.94. The van der Waals surface area contributed by atoms with Crippen LogP contribution in [0.2, 0.25) is 0 Å². The van der Waals surface area contributed by atoms with E-state index in [4.69, 9.17) is 17.2 Å². The molecule has 3 amide bonds. The van der Waals surface area contributed by atoms with Gasteiger partial charge in [-0.1, -0.05) is 44.2 Å². The van der Waals surface area contributed by atoms with Crippen LogP contribution in [-0.4, -0.2) is 66.1 Å². The number of carboxylic acid groups (broad SMARTS) is 1. The van der Waals surface area contributed by atoms with Gasteiger partial charge in [0.25, 0.3) is 0 Å². The molecule has 0 aliphatic carbocycles. The van der Waals surface area contributed by atoms with Gasteiger partial charge in [0, 0.05) is 6.42 Å². The minimum atomic E-state index is -1.16. The molecule has 1 rings (SSSR count). The summed E-state index contributed by atoms with van der Waals surface area (Å²) in [6.45, 7) is 4.45. The fraction of sp³-hybridized carbons (Fsp3) is 0.615. The lowest BCUT2D eigenvalue weighted by Gasteiger charge is -2.26. The van der Waals surface area contributed by atoms with Crippen molar-refractivity contribution in [2.75, 3.05) is 13.1 Å². The van der Waals surface area contributed by atoms with Crippen LogP contribution in [0.5, 0.6) is 0 Å². The van der Waals surface area contributed by atoms with Crippen LogP contribution in [0.25, 0.3) is 0 Å². The van der Waals surface area contributed by atoms with Crippen LogP contribution in [0, 0.1) is 5.92 Å². The van der Waals surface area contributed by atoms with E-state index in [1.54, 1.807) is 13.8 Å². The molecule has 10 N–H and O–H groups in total. The van der Waals surface area contributed by atoms with Crippen molar-refractivity contribution in [2.45, 2.75) is 83.0 Å². The van der Waals surface area contributed by atoms with Gasteiger partial charge in [0.2, 0.25) is 17.7 Å². The monoisotopic (exact) mass is 520 g/mol. The molecule has 0 saturated carbocycles. The third-order valence-electron chi connectivity index (χ3n) is 6.08. The second-order valence-electron chi connectivity index (χ2n) is 9.55. The topological polar surface area (TPSA) is 203 Å². The molecule has 0 aliphatic rings. The number of hydrogen-bond acceptors (Lipinski definition) is 7. The van der Waals surface area contributed by atoms with Gasteiger partial charge in [-0.25, -0.2) is 4.79 Å². The van der Waals surface area contributed by atoms with Gasteiger partial charge in [0.15, 0.2) is 0 Å². The zero-order valence-electron chi connectivity index (χ0n) is 21.9. The van der Waals surface area contributed by atoms with Gasteiger partial charge in [0.1, 0.15) is 18.1 Å². The van der Waals surface area contributed by atoms with Crippen molar-refractivity contribution in [2.24, 2.45) is 23.1 Å². The SMILES string of the molecule is CC(C)C(N)C(=O)NC(Cc1ccccc1)C(=O)NC(CCCCN)C(=O)NC(CCCCN)C(=O)O. The van der Waals surface area contributed by atoms with Crippen LogP contribution in [-0.2, 0) is 25.6 Å². The van der Waals surface area contributed by atoms with E-state index in [9.17, 15) is 24.3 Å². The van der Waals surface area contributed by atoms with Crippen molar-refractivity contribution in [1.29, 1.82) is 0 Å². The van der Waals surface area contributed by atoms with E-state index in [2.05, 4.69) is 16.0 Å². The number of nitrogens with two attached hydrogens (primary N) is 3. The molecular weight excluding hydrogens is 476 g/mol. The Morgan fingerprint density at radius 1 is 0.757 bits per heavy atom. The Hall–Kier alpha value is -3.02. The molecular formula is C26H44N6O5. The molecule has 0 heterocycles. The maximum atomic E-state index is 13.4. The molecule has 1 aromatic rings. The predicted molar refractivity (Wildman–Crippen MR) is 142 cm³/mol. The minimum Gasteiger partial charge on any atom is -0.480 e. The van der Waals surface area contributed by atoms with Crippen molar-refractivity contribution in [1.82, 2.24) is 16.0 Å². The second-order valence-corrected chi connectivity index (χ2v) is 9.55. The van der Waals surface area contributed by atoms with Crippen molar-refractivity contribution >= 4 is 23.7 Å². The molecule has 11 nitrogen and oxygen atoms in total. The number of carbonyl (C=O) groups excluding carboxylic acids is 3. The summed E-state index contributed by atoms with van der Waals surface area (Å²) in [5.41, 5.74) is 17.9.